The van der Waals surface area contributed by atoms with Crippen molar-refractivity contribution in [3.63, 3.8) is 0 Å². The van der Waals surface area contributed by atoms with Crippen LogP contribution in [0, 0.1) is 0 Å². The Hall–Kier alpha value is -2.72. The lowest BCUT2D eigenvalue weighted by Gasteiger charge is -2.09. The van der Waals surface area contributed by atoms with E-state index in [1.54, 1.807) is 18.2 Å². The molecule has 2 aromatic rings. The predicted octanol–water partition coefficient (Wildman–Crippen LogP) is 3.58. The molecule has 0 aliphatic carbocycles. The first-order valence-electron chi connectivity index (χ1n) is 7.87. The van der Waals surface area contributed by atoms with E-state index < -0.39 is 37.6 Å². The molecule has 2 amide bonds. The Morgan fingerprint density at radius 3 is 2.38 bits per heavy atom. The number of carbonyl (C=O) groups is 3. The smallest absolute Gasteiger partial charge is 0.387 e. The summed E-state index contributed by atoms with van der Waals surface area (Å²) in [5, 5.41) is 2.47. The SMILES string of the molecule is O=C(COC(=O)COc1ccc(Cl)cc1Br)NC(=O)c1ccc(OC(F)F)cc1. The first kappa shape index (κ1) is 22.6. The maximum Gasteiger partial charge on any atom is 0.387 e. The summed E-state index contributed by atoms with van der Waals surface area (Å²) in [7, 11) is 0. The first-order chi connectivity index (χ1) is 13.7. The van der Waals surface area contributed by atoms with Gasteiger partial charge in [-0.2, -0.15) is 8.78 Å². The summed E-state index contributed by atoms with van der Waals surface area (Å²) < 4.78 is 38.8. The number of halogens is 4. The van der Waals surface area contributed by atoms with Crippen molar-refractivity contribution in [3.8, 4) is 11.5 Å². The number of esters is 1. The zero-order valence-electron chi connectivity index (χ0n) is 14.5. The number of hydrogen-bond donors (Lipinski definition) is 1. The molecular weight excluding hydrogens is 480 g/mol. The van der Waals surface area contributed by atoms with Gasteiger partial charge < -0.3 is 14.2 Å². The summed E-state index contributed by atoms with van der Waals surface area (Å²) in [6.07, 6.45) is 0. The summed E-state index contributed by atoms with van der Waals surface area (Å²) in [6.45, 7) is -4.16. The highest BCUT2D eigenvalue weighted by atomic mass is 79.9. The Labute approximate surface area is 177 Å². The lowest BCUT2D eigenvalue weighted by molar-refractivity contribution is -0.150. The fourth-order valence-electron chi connectivity index (χ4n) is 1.94. The molecule has 0 radical (unpaired) electrons. The quantitative estimate of drug-likeness (QED) is 0.567. The van der Waals surface area contributed by atoms with Gasteiger partial charge in [-0.15, -0.1) is 0 Å². The third-order valence-corrected chi connectivity index (χ3v) is 4.05. The zero-order valence-corrected chi connectivity index (χ0v) is 16.8. The molecule has 0 atom stereocenters. The lowest BCUT2D eigenvalue weighted by atomic mass is 10.2. The number of nitrogens with one attached hydrogen (secondary N) is 1. The Balaban J connectivity index is 1.75. The van der Waals surface area contributed by atoms with E-state index in [4.69, 9.17) is 21.1 Å². The second-order valence-electron chi connectivity index (χ2n) is 5.30. The molecular formula is C18H13BrClF2NO6. The molecule has 1 N–H and O–H groups in total. The number of alkyl halides is 2. The summed E-state index contributed by atoms with van der Waals surface area (Å²) in [4.78, 5) is 35.3. The Kier molecular flexibility index (Phi) is 8.34. The van der Waals surface area contributed by atoms with E-state index in [2.05, 4.69) is 20.7 Å². The fourth-order valence-corrected chi connectivity index (χ4v) is 2.74. The van der Waals surface area contributed by atoms with Crippen LogP contribution < -0.4 is 14.8 Å². The van der Waals surface area contributed by atoms with Crippen LogP contribution in [0.2, 0.25) is 5.02 Å². The second-order valence-corrected chi connectivity index (χ2v) is 6.60. The van der Waals surface area contributed by atoms with Crippen LogP contribution in [0.5, 0.6) is 11.5 Å². The summed E-state index contributed by atoms with van der Waals surface area (Å²) in [5.41, 5.74) is 0.0298. The van der Waals surface area contributed by atoms with E-state index in [0.29, 0.717) is 15.2 Å². The highest BCUT2D eigenvalue weighted by molar-refractivity contribution is 9.10. The molecule has 154 valence electrons. The molecule has 7 nitrogen and oxygen atoms in total. The lowest BCUT2D eigenvalue weighted by Crippen LogP contribution is -2.34. The minimum absolute atomic E-state index is 0.0298. The monoisotopic (exact) mass is 491 g/mol. The molecule has 0 saturated heterocycles. The zero-order chi connectivity index (χ0) is 21.4. The third-order valence-electron chi connectivity index (χ3n) is 3.20. The molecule has 0 unspecified atom stereocenters. The van der Waals surface area contributed by atoms with Crippen molar-refractivity contribution in [2.75, 3.05) is 13.2 Å². The summed E-state index contributed by atoms with van der Waals surface area (Å²) >= 11 is 9.01. The fraction of sp³-hybridized carbons (Fsp3) is 0.167. The molecule has 0 spiro atoms. The van der Waals surface area contributed by atoms with Crippen LogP contribution in [-0.4, -0.2) is 37.6 Å². The highest BCUT2D eigenvalue weighted by Crippen LogP contribution is 2.27. The van der Waals surface area contributed by atoms with Crippen molar-refractivity contribution in [2.45, 2.75) is 6.61 Å². The largest absolute Gasteiger partial charge is 0.481 e. The number of ether oxygens (including phenoxy) is 3. The van der Waals surface area contributed by atoms with Gasteiger partial charge in [0.1, 0.15) is 11.5 Å². The number of rotatable bonds is 8. The molecule has 0 saturated carbocycles. The van der Waals surface area contributed by atoms with E-state index in [1.165, 1.54) is 12.1 Å². The number of carbonyl (C=O) groups excluding carboxylic acids is 3. The Morgan fingerprint density at radius 1 is 1.07 bits per heavy atom. The molecule has 0 aliphatic heterocycles. The second kappa shape index (κ2) is 10.7. The van der Waals surface area contributed by atoms with E-state index in [1.807, 2.05) is 5.32 Å². The molecule has 11 heteroatoms. The van der Waals surface area contributed by atoms with Crippen LogP contribution in [0.1, 0.15) is 10.4 Å². The van der Waals surface area contributed by atoms with Gasteiger partial charge in [0, 0.05) is 10.6 Å². The predicted molar refractivity (Wildman–Crippen MR) is 101 cm³/mol. The van der Waals surface area contributed by atoms with Gasteiger partial charge in [0.05, 0.1) is 4.47 Å². The topological polar surface area (TPSA) is 90.9 Å². The first-order valence-corrected chi connectivity index (χ1v) is 9.04. The van der Waals surface area contributed by atoms with E-state index in [0.717, 1.165) is 12.1 Å². The molecule has 0 aromatic heterocycles. The number of imide groups is 1. The van der Waals surface area contributed by atoms with Crippen LogP contribution in [0.4, 0.5) is 8.78 Å². The van der Waals surface area contributed by atoms with Crippen molar-refractivity contribution in [1.29, 1.82) is 0 Å². The van der Waals surface area contributed by atoms with Crippen molar-refractivity contribution >= 4 is 45.3 Å². The minimum Gasteiger partial charge on any atom is -0.481 e. The van der Waals surface area contributed by atoms with Crippen molar-refractivity contribution in [1.82, 2.24) is 5.32 Å². The van der Waals surface area contributed by atoms with Gasteiger partial charge in [-0.3, -0.25) is 14.9 Å². The van der Waals surface area contributed by atoms with Crippen LogP contribution in [0.3, 0.4) is 0 Å². The summed E-state index contributed by atoms with van der Waals surface area (Å²) in [6, 6.07) is 9.39. The Morgan fingerprint density at radius 2 is 1.76 bits per heavy atom. The molecule has 2 aromatic carbocycles. The van der Waals surface area contributed by atoms with Gasteiger partial charge in [0.2, 0.25) is 0 Å². The molecule has 2 rings (SSSR count). The number of benzene rings is 2. The maximum absolute atomic E-state index is 12.1. The van der Waals surface area contributed by atoms with Crippen LogP contribution in [-0.2, 0) is 14.3 Å². The number of amides is 2. The maximum atomic E-state index is 12.1. The van der Waals surface area contributed by atoms with Gasteiger partial charge >= 0.3 is 12.6 Å². The van der Waals surface area contributed by atoms with Gasteiger partial charge in [-0.25, -0.2) is 4.79 Å². The van der Waals surface area contributed by atoms with Crippen molar-refractivity contribution in [2.24, 2.45) is 0 Å². The normalized spacial score (nSPS) is 10.4. The highest BCUT2D eigenvalue weighted by Gasteiger charge is 2.14. The van der Waals surface area contributed by atoms with Crippen LogP contribution in [0.15, 0.2) is 46.9 Å². The van der Waals surface area contributed by atoms with Crippen molar-refractivity contribution < 1.29 is 37.4 Å². The average molecular weight is 493 g/mol. The van der Waals surface area contributed by atoms with Gasteiger partial charge in [0.25, 0.3) is 11.8 Å². The van der Waals surface area contributed by atoms with Crippen molar-refractivity contribution in [3.05, 3.63) is 57.5 Å². The average Bonchev–Trinajstić information content (AvgIpc) is 2.65. The molecule has 0 fully saturated rings. The van der Waals surface area contributed by atoms with Crippen LogP contribution in [0.25, 0.3) is 0 Å². The van der Waals surface area contributed by atoms with Crippen LogP contribution >= 0.6 is 27.5 Å². The molecule has 29 heavy (non-hydrogen) atoms. The number of hydrogen-bond acceptors (Lipinski definition) is 6. The molecule has 0 heterocycles. The van der Waals surface area contributed by atoms with Gasteiger partial charge in [0.15, 0.2) is 13.2 Å². The van der Waals surface area contributed by atoms with E-state index >= 15 is 0 Å². The summed E-state index contributed by atoms with van der Waals surface area (Å²) in [5.74, 6) is -2.28. The van der Waals surface area contributed by atoms with E-state index in [-0.39, 0.29) is 11.3 Å². The van der Waals surface area contributed by atoms with Gasteiger partial charge in [-0.1, -0.05) is 11.6 Å². The molecule has 0 bridgehead atoms. The third kappa shape index (κ3) is 7.66. The van der Waals surface area contributed by atoms with E-state index in [9.17, 15) is 23.2 Å². The standard InChI is InChI=1S/C18H13BrClF2NO6/c19-13-7-11(20)3-6-14(13)27-9-16(25)28-8-15(24)23-17(26)10-1-4-12(5-2-10)29-18(21)22/h1-7,18H,8-9H2,(H,23,24,26). The minimum atomic E-state index is -2.99. The van der Waals surface area contributed by atoms with Gasteiger partial charge in [-0.05, 0) is 58.4 Å². The Bertz CT molecular complexity index is 894. The molecule has 0 aliphatic rings.